The maximum absolute atomic E-state index is 13.3. The standard InChI is InChI=1S/C25H22O6/c1-14(2)8-9-16(18(25(30)31)12-15-6-4-3-5-7-15)17-13-21(28)22-19(26)10-11-20(27)23(22)24(17)29/h3-8,10-13,16,26-27H,9H2,1-2H3,(H,30,31). The number of carboxylic acid groups (broad SMARTS) is 1. The molecule has 0 aliphatic heterocycles. The number of aliphatic carboxylic acids is 1. The number of ketones is 2. The highest BCUT2D eigenvalue weighted by Crippen LogP contribution is 2.39. The molecule has 1 aliphatic rings. The summed E-state index contributed by atoms with van der Waals surface area (Å²) in [6.07, 6.45) is 4.51. The van der Waals surface area contributed by atoms with Crippen molar-refractivity contribution >= 4 is 23.6 Å². The maximum Gasteiger partial charge on any atom is 0.332 e. The fraction of sp³-hybridized carbons (Fsp3) is 0.160. The molecule has 1 unspecified atom stereocenters. The lowest BCUT2D eigenvalue weighted by atomic mass is 9.77. The summed E-state index contributed by atoms with van der Waals surface area (Å²) in [6, 6.07) is 11.1. The summed E-state index contributed by atoms with van der Waals surface area (Å²) in [7, 11) is 0. The number of hydrogen-bond acceptors (Lipinski definition) is 5. The van der Waals surface area contributed by atoms with Crippen LogP contribution in [0.2, 0.25) is 0 Å². The minimum absolute atomic E-state index is 0.0412. The second-order valence-electron chi connectivity index (χ2n) is 7.53. The molecular formula is C25H22O6. The Kier molecular flexibility index (Phi) is 6.20. The second-order valence-corrected chi connectivity index (χ2v) is 7.53. The predicted octanol–water partition coefficient (Wildman–Crippen LogP) is 4.54. The molecule has 0 radical (unpaired) electrons. The van der Waals surface area contributed by atoms with Gasteiger partial charge in [-0.2, -0.15) is 0 Å². The van der Waals surface area contributed by atoms with Crippen molar-refractivity contribution in [3.8, 4) is 11.5 Å². The van der Waals surface area contributed by atoms with Gasteiger partial charge in [-0.15, -0.1) is 0 Å². The number of hydrogen-bond donors (Lipinski definition) is 3. The number of phenols is 2. The van der Waals surface area contributed by atoms with Gasteiger partial charge in [0, 0.05) is 17.1 Å². The number of fused-ring (bicyclic) bond motifs is 1. The van der Waals surface area contributed by atoms with E-state index in [1.54, 1.807) is 36.4 Å². The van der Waals surface area contributed by atoms with E-state index in [-0.39, 0.29) is 28.7 Å². The first-order valence-electron chi connectivity index (χ1n) is 9.69. The van der Waals surface area contributed by atoms with E-state index in [4.69, 9.17) is 0 Å². The van der Waals surface area contributed by atoms with Crippen LogP contribution < -0.4 is 0 Å². The highest BCUT2D eigenvalue weighted by atomic mass is 16.4. The molecule has 0 spiro atoms. The number of allylic oxidation sites excluding steroid dienone is 4. The second kappa shape index (κ2) is 8.83. The minimum atomic E-state index is -1.22. The van der Waals surface area contributed by atoms with Gasteiger partial charge in [0.05, 0.1) is 11.1 Å². The zero-order chi connectivity index (χ0) is 22.7. The smallest absolute Gasteiger partial charge is 0.332 e. The third-order valence-electron chi connectivity index (χ3n) is 5.06. The first kappa shape index (κ1) is 21.8. The van der Waals surface area contributed by atoms with Crippen molar-refractivity contribution in [1.29, 1.82) is 0 Å². The van der Waals surface area contributed by atoms with Crippen molar-refractivity contribution < 1.29 is 29.7 Å². The van der Waals surface area contributed by atoms with E-state index in [0.29, 0.717) is 5.56 Å². The molecule has 0 bridgehead atoms. The van der Waals surface area contributed by atoms with Crippen LogP contribution in [-0.2, 0) is 4.79 Å². The summed E-state index contributed by atoms with van der Waals surface area (Å²) >= 11 is 0. The average molecular weight is 418 g/mol. The Balaban J connectivity index is 2.19. The molecule has 31 heavy (non-hydrogen) atoms. The number of aromatic hydroxyl groups is 2. The van der Waals surface area contributed by atoms with Gasteiger partial charge >= 0.3 is 5.97 Å². The van der Waals surface area contributed by atoms with Crippen LogP contribution in [0.4, 0.5) is 0 Å². The van der Waals surface area contributed by atoms with Crippen LogP contribution in [0.1, 0.15) is 46.5 Å². The molecule has 0 aromatic heterocycles. The van der Waals surface area contributed by atoms with E-state index >= 15 is 0 Å². The van der Waals surface area contributed by atoms with Crippen molar-refractivity contribution in [3.05, 3.63) is 88.0 Å². The van der Waals surface area contributed by atoms with Gasteiger partial charge in [0.2, 0.25) is 0 Å². The largest absolute Gasteiger partial charge is 0.507 e. The molecule has 0 amide bonds. The van der Waals surface area contributed by atoms with Crippen molar-refractivity contribution in [2.75, 3.05) is 0 Å². The van der Waals surface area contributed by atoms with Gasteiger partial charge in [0.1, 0.15) is 11.5 Å². The molecule has 6 nitrogen and oxygen atoms in total. The minimum Gasteiger partial charge on any atom is -0.507 e. The van der Waals surface area contributed by atoms with Gasteiger partial charge in [-0.1, -0.05) is 42.0 Å². The lowest BCUT2D eigenvalue weighted by Gasteiger charge is -2.24. The van der Waals surface area contributed by atoms with Crippen LogP contribution in [0.3, 0.4) is 0 Å². The zero-order valence-corrected chi connectivity index (χ0v) is 17.1. The number of carbonyl (C=O) groups is 3. The molecular weight excluding hydrogens is 396 g/mol. The highest BCUT2D eigenvalue weighted by Gasteiger charge is 2.36. The van der Waals surface area contributed by atoms with E-state index < -0.39 is 35.0 Å². The normalized spacial score (nSPS) is 14.5. The molecule has 1 atom stereocenters. The van der Waals surface area contributed by atoms with Crippen LogP contribution >= 0.6 is 0 Å². The summed E-state index contributed by atoms with van der Waals surface area (Å²) in [6.45, 7) is 3.69. The number of carboxylic acids is 1. The average Bonchev–Trinajstić information content (AvgIpc) is 2.72. The van der Waals surface area contributed by atoms with Gasteiger partial charge < -0.3 is 15.3 Å². The van der Waals surface area contributed by atoms with E-state index in [1.807, 2.05) is 13.8 Å². The molecule has 3 rings (SSSR count). The van der Waals surface area contributed by atoms with Crippen LogP contribution in [0.25, 0.3) is 6.08 Å². The highest BCUT2D eigenvalue weighted by molar-refractivity contribution is 6.27. The third kappa shape index (κ3) is 4.48. The maximum atomic E-state index is 13.3. The van der Waals surface area contributed by atoms with Crippen molar-refractivity contribution in [2.45, 2.75) is 20.3 Å². The Labute approximate surface area is 179 Å². The topological polar surface area (TPSA) is 112 Å². The quantitative estimate of drug-likeness (QED) is 0.361. The fourth-order valence-electron chi connectivity index (χ4n) is 3.56. The molecule has 0 heterocycles. The number of Topliss-reactive ketones (excluding diaryl/α,β-unsaturated/α-hetero) is 1. The Morgan fingerprint density at radius 2 is 1.58 bits per heavy atom. The molecule has 2 aromatic rings. The Morgan fingerprint density at radius 1 is 0.968 bits per heavy atom. The molecule has 1 aliphatic carbocycles. The van der Waals surface area contributed by atoms with Gasteiger partial charge in [-0.05, 0) is 50.1 Å². The van der Waals surface area contributed by atoms with Gasteiger partial charge in [-0.3, -0.25) is 9.59 Å². The number of carbonyl (C=O) groups excluding carboxylic acids is 2. The molecule has 0 saturated heterocycles. The molecule has 6 heteroatoms. The van der Waals surface area contributed by atoms with Gasteiger partial charge in [0.25, 0.3) is 0 Å². The number of phenolic OH excluding ortho intramolecular Hbond substituents is 2. The lowest BCUT2D eigenvalue weighted by molar-refractivity contribution is -0.133. The summed E-state index contributed by atoms with van der Waals surface area (Å²) in [5, 5.41) is 30.2. The first-order chi connectivity index (χ1) is 14.7. The van der Waals surface area contributed by atoms with Crippen LogP contribution in [0.15, 0.2) is 71.3 Å². The van der Waals surface area contributed by atoms with Crippen molar-refractivity contribution in [2.24, 2.45) is 5.92 Å². The van der Waals surface area contributed by atoms with Crippen LogP contribution in [-0.4, -0.2) is 32.9 Å². The van der Waals surface area contributed by atoms with Crippen LogP contribution in [0, 0.1) is 5.92 Å². The predicted molar refractivity (Wildman–Crippen MR) is 116 cm³/mol. The molecule has 158 valence electrons. The zero-order valence-electron chi connectivity index (χ0n) is 17.1. The summed E-state index contributed by atoms with van der Waals surface area (Å²) in [5.74, 6) is -4.36. The van der Waals surface area contributed by atoms with E-state index in [0.717, 1.165) is 23.8 Å². The molecule has 0 saturated carbocycles. The molecule has 2 aromatic carbocycles. The Hall–Kier alpha value is -3.93. The first-order valence-corrected chi connectivity index (χ1v) is 9.69. The van der Waals surface area contributed by atoms with E-state index in [2.05, 4.69) is 0 Å². The van der Waals surface area contributed by atoms with Crippen molar-refractivity contribution in [1.82, 2.24) is 0 Å². The van der Waals surface area contributed by atoms with Crippen molar-refractivity contribution in [3.63, 3.8) is 0 Å². The third-order valence-corrected chi connectivity index (χ3v) is 5.06. The van der Waals surface area contributed by atoms with Crippen LogP contribution in [0.5, 0.6) is 11.5 Å². The summed E-state index contributed by atoms with van der Waals surface area (Å²) in [5.41, 5.74) is 0.871. The number of rotatable bonds is 6. The lowest BCUT2D eigenvalue weighted by Crippen LogP contribution is -2.25. The summed E-state index contributed by atoms with van der Waals surface area (Å²) < 4.78 is 0. The summed E-state index contributed by atoms with van der Waals surface area (Å²) in [4.78, 5) is 38.2. The Morgan fingerprint density at radius 3 is 2.16 bits per heavy atom. The molecule has 0 fully saturated rings. The van der Waals surface area contributed by atoms with E-state index in [1.165, 1.54) is 6.08 Å². The van der Waals surface area contributed by atoms with Gasteiger partial charge in [0.15, 0.2) is 11.6 Å². The fourth-order valence-corrected chi connectivity index (χ4v) is 3.56. The van der Waals surface area contributed by atoms with Gasteiger partial charge in [-0.25, -0.2) is 4.79 Å². The molecule has 3 N–H and O–H groups in total. The monoisotopic (exact) mass is 418 g/mol. The Bertz CT molecular complexity index is 1150. The SMILES string of the molecule is CC(C)=CCC(C(=Cc1ccccc1)C(=O)O)C1=CC(=O)c2c(O)ccc(O)c2C1=O. The van der Waals surface area contributed by atoms with E-state index in [9.17, 15) is 29.7 Å². The number of benzene rings is 2.